The van der Waals surface area contributed by atoms with Crippen LogP contribution in [-0.4, -0.2) is 35.7 Å². The number of nitrogens with zero attached hydrogens (tertiary/aromatic N) is 5. The summed E-state index contributed by atoms with van der Waals surface area (Å²) < 4.78 is 7.52. The first-order chi connectivity index (χ1) is 15.8. The second-order valence-electron chi connectivity index (χ2n) is 6.87. The van der Waals surface area contributed by atoms with E-state index in [2.05, 4.69) is 15.3 Å². The summed E-state index contributed by atoms with van der Waals surface area (Å²) in [7, 11) is 2.83. The number of carbonyl (C=O) groups is 1. The number of benzene rings is 1. The summed E-state index contributed by atoms with van der Waals surface area (Å²) >= 11 is 0.992. The largest absolute Gasteiger partial charge is 0.461 e. The zero-order chi connectivity index (χ0) is 23.7. The number of hydrogen-bond donors (Lipinski definition) is 1. The highest BCUT2D eigenvalue weighted by atomic mass is 32.2. The lowest BCUT2D eigenvalue weighted by Crippen LogP contribution is -2.37. The normalized spacial score (nSPS) is 11.0. The highest BCUT2D eigenvalue weighted by molar-refractivity contribution is 8.00. The van der Waals surface area contributed by atoms with E-state index in [9.17, 15) is 24.5 Å². The van der Waals surface area contributed by atoms with E-state index >= 15 is 0 Å². The number of aromatic nitrogens is 4. The molecule has 0 radical (unpaired) electrons. The molecule has 0 aliphatic carbocycles. The minimum atomic E-state index is -0.586. The average Bonchev–Trinajstić information content (AvgIpc) is 3.35. The maximum Gasteiger partial charge on any atom is 0.332 e. The van der Waals surface area contributed by atoms with E-state index in [-0.39, 0.29) is 33.3 Å². The van der Waals surface area contributed by atoms with E-state index in [0.717, 1.165) is 16.3 Å². The van der Waals surface area contributed by atoms with Crippen molar-refractivity contribution in [2.24, 2.45) is 14.1 Å². The van der Waals surface area contributed by atoms with Gasteiger partial charge < -0.3 is 9.73 Å². The maximum absolute atomic E-state index is 12.8. The van der Waals surface area contributed by atoms with E-state index in [0.29, 0.717) is 11.4 Å². The zero-order valence-corrected chi connectivity index (χ0v) is 18.2. The van der Waals surface area contributed by atoms with Gasteiger partial charge >= 0.3 is 5.69 Å². The standard InChI is InChI=1S/C20H16N6O6S/c1-24-17-15(19(28)25(2)20(24)29)18(23-16(22-17)13-4-3-9-32-13)33-10-14(27)21-11-5-7-12(8-6-11)26(30)31/h3-9H,10H2,1-2H3,(H,21,27). The number of rotatable bonds is 6. The minimum Gasteiger partial charge on any atom is -0.461 e. The van der Waals surface area contributed by atoms with Crippen molar-refractivity contribution in [2.45, 2.75) is 5.03 Å². The molecule has 0 fully saturated rings. The van der Waals surface area contributed by atoms with Crippen LogP contribution in [0.5, 0.6) is 0 Å². The Hall–Kier alpha value is -4.26. The number of nitro groups is 1. The lowest BCUT2D eigenvalue weighted by atomic mass is 10.3. The average molecular weight is 468 g/mol. The van der Waals surface area contributed by atoms with Crippen LogP contribution >= 0.6 is 11.8 Å². The quantitative estimate of drug-likeness (QED) is 0.193. The number of nitro benzene ring substituents is 1. The first-order valence-electron chi connectivity index (χ1n) is 9.45. The summed E-state index contributed by atoms with van der Waals surface area (Å²) in [6.45, 7) is 0. The van der Waals surface area contributed by atoms with Crippen LogP contribution in [0.1, 0.15) is 0 Å². The predicted molar refractivity (Wildman–Crippen MR) is 120 cm³/mol. The number of carbonyl (C=O) groups excluding carboxylic acids is 1. The second kappa shape index (κ2) is 8.70. The van der Waals surface area contributed by atoms with Crippen molar-refractivity contribution in [1.29, 1.82) is 0 Å². The van der Waals surface area contributed by atoms with E-state index in [1.165, 1.54) is 49.2 Å². The highest BCUT2D eigenvalue weighted by Gasteiger charge is 2.20. The topological polar surface area (TPSA) is 155 Å². The third-order valence-corrected chi connectivity index (χ3v) is 5.69. The molecular formula is C20H16N6O6S. The fourth-order valence-electron chi connectivity index (χ4n) is 3.05. The molecule has 3 heterocycles. The van der Waals surface area contributed by atoms with E-state index in [4.69, 9.17) is 4.42 Å². The number of aryl methyl sites for hydroxylation is 1. The number of anilines is 1. The van der Waals surface area contributed by atoms with Gasteiger partial charge in [0.05, 0.1) is 16.9 Å². The van der Waals surface area contributed by atoms with Gasteiger partial charge in [-0.05, 0) is 24.3 Å². The van der Waals surface area contributed by atoms with Gasteiger partial charge in [-0.15, -0.1) is 0 Å². The second-order valence-corrected chi connectivity index (χ2v) is 7.84. The molecule has 0 saturated heterocycles. The van der Waals surface area contributed by atoms with Crippen molar-refractivity contribution in [1.82, 2.24) is 19.1 Å². The van der Waals surface area contributed by atoms with Crippen LogP contribution in [0.25, 0.3) is 22.6 Å². The van der Waals surface area contributed by atoms with Crippen molar-refractivity contribution in [3.8, 4) is 11.6 Å². The molecule has 0 aliphatic heterocycles. The Bertz CT molecular complexity index is 1490. The Morgan fingerprint density at radius 1 is 1.15 bits per heavy atom. The minimum absolute atomic E-state index is 0.0956. The molecule has 0 aliphatic rings. The van der Waals surface area contributed by atoms with Gasteiger partial charge in [0.2, 0.25) is 5.91 Å². The number of non-ortho nitro benzene ring substituents is 1. The van der Waals surface area contributed by atoms with Crippen LogP contribution in [0.15, 0.2) is 61.7 Å². The van der Waals surface area contributed by atoms with Crippen LogP contribution in [0, 0.1) is 10.1 Å². The molecule has 0 saturated carbocycles. The molecule has 12 nitrogen and oxygen atoms in total. The molecule has 0 unspecified atom stereocenters. The number of furan rings is 1. The van der Waals surface area contributed by atoms with Crippen LogP contribution < -0.4 is 16.6 Å². The van der Waals surface area contributed by atoms with Gasteiger partial charge in [-0.3, -0.25) is 28.8 Å². The fraction of sp³-hybridized carbons (Fsp3) is 0.150. The van der Waals surface area contributed by atoms with Gasteiger partial charge in [-0.25, -0.2) is 14.8 Å². The maximum atomic E-state index is 12.8. The number of thioether (sulfide) groups is 1. The molecule has 0 spiro atoms. The first-order valence-corrected chi connectivity index (χ1v) is 10.4. The molecule has 1 amide bonds. The molecule has 4 rings (SSSR count). The van der Waals surface area contributed by atoms with Crippen LogP contribution in [0.3, 0.4) is 0 Å². The smallest absolute Gasteiger partial charge is 0.332 e. The summed E-state index contributed by atoms with van der Waals surface area (Å²) in [5.41, 5.74) is -0.737. The van der Waals surface area contributed by atoms with Crippen LogP contribution in [0.2, 0.25) is 0 Å². The van der Waals surface area contributed by atoms with E-state index < -0.39 is 22.1 Å². The summed E-state index contributed by atoms with van der Waals surface area (Å²) in [4.78, 5) is 56.6. The molecule has 4 aromatic rings. The predicted octanol–water partition coefficient (Wildman–Crippen LogP) is 1.93. The Kier molecular flexibility index (Phi) is 5.79. The van der Waals surface area contributed by atoms with E-state index in [1.807, 2.05) is 0 Å². The molecule has 168 valence electrons. The van der Waals surface area contributed by atoms with Crippen molar-refractivity contribution < 1.29 is 14.1 Å². The lowest BCUT2D eigenvalue weighted by molar-refractivity contribution is -0.384. The Morgan fingerprint density at radius 3 is 2.52 bits per heavy atom. The zero-order valence-electron chi connectivity index (χ0n) is 17.3. The molecule has 0 bridgehead atoms. The Labute approximate surface area is 189 Å². The molecule has 0 atom stereocenters. The van der Waals surface area contributed by atoms with Crippen molar-refractivity contribution in [2.75, 3.05) is 11.1 Å². The number of nitrogens with one attached hydrogen (secondary N) is 1. The van der Waals surface area contributed by atoms with Crippen LogP contribution in [0.4, 0.5) is 11.4 Å². The van der Waals surface area contributed by atoms with Gasteiger partial charge in [-0.1, -0.05) is 11.8 Å². The van der Waals surface area contributed by atoms with Gasteiger partial charge in [0, 0.05) is 31.9 Å². The van der Waals surface area contributed by atoms with Gasteiger partial charge in [-0.2, -0.15) is 0 Å². The summed E-state index contributed by atoms with van der Waals surface area (Å²) in [5.74, 6) is -0.0368. The van der Waals surface area contributed by atoms with E-state index in [1.54, 1.807) is 12.1 Å². The Morgan fingerprint density at radius 2 is 1.88 bits per heavy atom. The molecule has 1 aromatic carbocycles. The highest BCUT2D eigenvalue weighted by Crippen LogP contribution is 2.26. The van der Waals surface area contributed by atoms with Gasteiger partial charge in [0.15, 0.2) is 17.2 Å². The van der Waals surface area contributed by atoms with Crippen molar-refractivity contribution in [3.63, 3.8) is 0 Å². The SMILES string of the molecule is Cn1c(=O)c2c(SCC(=O)Nc3ccc([N+](=O)[O-])cc3)nc(-c3ccco3)nc2n(C)c1=O. The van der Waals surface area contributed by atoms with Crippen molar-refractivity contribution >= 4 is 40.1 Å². The third-order valence-electron chi connectivity index (χ3n) is 4.71. The summed E-state index contributed by atoms with van der Waals surface area (Å²) in [6.07, 6.45) is 1.44. The van der Waals surface area contributed by atoms with Gasteiger partial charge in [0.1, 0.15) is 10.4 Å². The lowest BCUT2D eigenvalue weighted by Gasteiger charge is -2.11. The molecule has 3 aromatic heterocycles. The molecule has 13 heteroatoms. The molecule has 1 N–H and O–H groups in total. The fourth-order valence-corrected chi connectivity index (χ4v) is 3.86. The van der Waals surface area contributed by atoms with Crippen LogP contribution in [-0.2, 0) is 18.9 Å². The Balaban J connectivity index is 1.67. The number of fused-ring (bicyclic) bond motifs is 1. The number of amides is 1. The number of hydrogen-bond acceptors (Lipinski definition) is 9. The molecule has 33 heavy (non-hydrogen) atoms. The first kappa shape index (κ1) is 22.0. The van der Waals surface area contributed by atoms with Gasteiger partial charge in [0.25, 0.3) is 11.2 Å². The van der Waals surface area contributed by atoms with Crippen molar-refractivity contribution in [3.05, 3.63) is 73.6 Å². The summed E-state index contributed by atoms with van der Waals surface area (Å²) in [5, 5.41) is 13.7. The summed E-state index contributed by atoms with van der Waals surface area (Å²) in [6, 6.07) is 8.68. The molecular weight excluding hydrogens is 452 g/mol. The third kappa shape index (κ3) is 4.25. The monoisotopic (exact) mass is 468 g/mol.